The fourth-order valence-corrected chi connectivity index (χ4v) is 2.88. The fraction of sp³-hybridized carbons (Fsp3) is 0.176. The molecule has 0 bridgehead atoms. The van der Waals surface area contributed by atoms with Crippen molar-refractivity contribution in [2.24, 2.45) is 5.92 Å². The van der Waals surface area contributed by atoms with Crippen LogP contribution in [0.25, 0.3) is 0 Å². The van der Waals surface area contributed by atoms with E-state index in [-0.39, 0.29) is 24.6 Å². The Balaban J connectivity index is 1.73. The van der Waals surface area contributed by atoms with Gasteiger partial charge in [-0.1, -0.05) is 35.3 Å². The number of nitrogens with one attached hydrogen (secondary N) is 1. The molecule has 0 saturated carbocycles. The maximum Gasteiger partial charge on any atom is 0.229 e. The van der Waals surface area contributed by atoms with Crippen molar-refractivity contribution in [1.29, 1.82) is 0 Å². The van der Waals surface area contributed by atoms with E-state index in [0.717, 1.165) is 0 Å². The molecule has 2 aromatic rings. The van der Waals surface area contributed by atoms with Gasteiger partial charge in [0, 0.05) is 18.7 Å². The summed E-state index contributed by atoms with van der Waals surface area (Å²) in [5.41, 5.74) is 0.679. The SMILES string of the molecule is O=C(Nc1ccccc1F)[C@H]1CC(=O)N(c2ccc(Cl)c(Cl)c2)C1. The summed E-state index contributed by atoms with van der Waals surface area (Å²) in [6.07, 6.45) is 0.0561. The van der Waals surface area contributed by atoms with Crippen LogP contribution in [-0.2, 0) is 9.59 Å². The zero-order valence-electron chi connectivity index (χ0n) is 12.4. The van der Waals surface area contributed by atoms with Crippen LogP contribution in [0, 0.1) is 11.7 Å². The number of anilines is 2. The highest BCUT2D eigenvalue weighted by atomic mass is 35.5. The number of hydrogen-bond donors (Lipinski definition) is 1. The molecule has 124 valence electrons. The number of hydrogen-bond acceptors (Lipinski definition) is 2. The molecule has 0 spiro atoms. The standard InChI is InChI=1S/C17H13Cl2FN2O2/c18-12-6-5-11(8-13(12)19)22-9-10(7-16(22)23)17(24)21-15-4-2-1-3-14(15)20/h1-6,8,10H,7,9H2,(H,21,24)/t10-/m0/s1. The summed E-state index contributed by atoms with van der Waals surface area (Å²) in [7, 11) is 0. The first kappa shape index (κ1) is 16.7. The van der Waals surface area contributed by atoms with Gasteiger partial charge in [0.05, 0.1) is 21.7 Å². The van der Waals surface area contributed by atoms with Crippen LogP contribution in [0.2, 0.25) is 10.0 Å². The minimum Gasteiger partial charge on any atom is -0.323 e. The molecule has 1 atom stereocenters. The second-order valence-electron chi connectivity index (χ2n) is 5.47. The first-order valence-electron chi connectivity index (χ1n) is 7.26. The first-order valence-corrected chi connectivity index (χ1v) is 8.02. The van der Waals surface area contributed by atoms with Crippen molar-refractivity contribution in [3.63, 3.8) is 0 Å². The lowest BCUT2D eigenvalue weighted by molar-refractivity contribution is -0.122. The molecule has 1 fully saturated rings. The molecule has 1 aliphatic heterocycles. The van der Waals surface area contributed by atoms with E-state index < -0.39 is 17.6 Å². The van der Waals surface area contributed by atoms with Crippen molar-refractivity contribution in [2.75, 3.05) is 16.8 Å². The van der Waals surface area contributed by atoms with Gasteiger partial charge in [0.2, 0.25) is 11.8 Å². The van der Waals surface area contributed by atoms with Gasteiger partial charge in [-0.05, 0) is 30.3 Å². The Hall–Kier alpha value is -2.11. The third-order valence-electron chi connectivity index (χ3n) is 3.84. The molecule has 0 unspecified atom stereocenters. The van der Waals surface area contributed by atoms with Crippen LogP contribution in [0.1, 0.15) is 6.42 Å². The molecule has 0 radical (unpaired) electrons. The smallest absolute Gasteiger partial charge is 0.229 e. The van der Waals surface area contributed by atoms with E-state index in [2.05, 4.69) is 5.32 Å². The van der Waals surface area contributed by atoms with Crippen LogP contribution in [0.5, 0.6) is 0 Å². The average molecular weight is 367 g/mol. The molecule has 2 amide bonds. The molecule has 3 rings (SSSR count). The summed E-state index contributed by atoms with van der Waals surface area (Å²) in [5, 5.41) is 3.25. The fourth-order valence-electron chi connectivity index (χ4n) is 2.58. The molecule has 2 aromatic carbocycles. The lowest BCUT2D eigenvalue weighted by atomic mass is 10.1. The van der Waals surface area contributed by atoms with Crippen molar-refractivity contribution >= 4 is 46.4 Å². The Morgan fingerprint density at radius 2 is 1.92 bits per heavy atom. The maximum atomic E-state index is 13.6. The summed E-state index contributed by atoms with van der Waals surface area (Å²) in [5.74, 6) is -1.67. The van der Waals surface area contributed by atoms with E-state index in [4.69, 9.17) is 23.2 Å². The quantitative estimate of drug-likeness (QED) is 0.887. The van der Waals surface area contributed by atoms with Crippen molar-refractivity contribution in [3.8, 4) is 0 Å². The largest absolute Gasteiger partial charge is 0.323 e. The highest BCUT2D eigenvalue weighted by Gasteiger charge is 2.35. The third kappa shape index (κ3) is 3.37. The number of halogens is 3. The van der Waals surface area contributed by atoms with Crippen LogP contribution < -0.4 is 10.2 Å². The van der Waals surface area contributed by atoms with Gasteiger partial charge in [-0.2, -0.15) is 0 Å². The highest BCUT2D eigenvalue weighted by molar-refractivity contribution is 6.42. The summed E-state index contributed by atoms with van der Waals surface area (Å²) in [6, 6.07) is 10.7. The monoisotopic (exact) mass is 366 g/mol. The lowest BCUT2D eigenvalue weighted by Gasteiger charge is -2.17. The minimum absolute atomic E-state index is 0.0561. The molecule has 7 heteroatoms. The second-order valence-corrected chi connectivity index (χ2v) is 6.29. The number of benzene rings is 2. The summed E-state index contributed by atoms with van der Waals surface area (Å²) >= 11 is 11.8. The summed E-state index contributed by atoms with van der Waals surface area (Å²) < 4.78 is 13.6. The number of nitrogens with zero attached hydrogens (tertiary/aromatic N) is 1. The third-order valence-corrected chi connectivity index (χ3v) is 4.58. The molecule has 1 saturated heterocycles. The molecule has 0 aliphatic carbocycles. The van der Waals surface area contributed by atoms with E-state index in [1.807, 2.05) is 0 Å². The number of rotatable bonds is 3. The predicted molar refractivity (Wildman–Crippen MR) is 92.0 cm³/mol. The first-order chi connectivity index (χ1) is 11.5. The zero-order valence-corrected chi connectivity index (χ0v) is 13.9. The van der Waals surface area contributed by atoms with E-state index in [1.165, 1.54) is 23.1 Å². The van der Waals surface area contributed by atoms with Crippen molar-refractivity contribution in [2.45, 2.75) is 6.42 Å². The van der Waals surface area contributed by atoms with Gasteiger partial charge in [-0.3, -0.25) is 9.59 Å². The van der Waals surface area contributed by atoms with Crippen molar-refractivity contribution < 1.29 is 14.0 Å². The van der Waals surface area contributed by atoms with Gasteiger partial charge in [-0.25, -0.2) is 4.39 Å². The normalized spacial score (nSPS) is 17.2. The molecular formula is C17H13Cl2FN2O2. The van der Waals surface area contributed by atoms with Crippen LogP contribution in [0.3, 0.4) is 0 Å². The number of para-hydroxylation sites is 1. The Bertz CT molecular complexity index is 813. The topological polar surface area (TPSA) is 49.4 Å². The van der Waals surface area contributed by atoms with Gasteiger partial charge >= 0.3 is 0 Å². The number of amides is 2. The van der Waals surface area contributed by atoms with Crippen molar-refractivity contribution in [1.82, 2.24) is 0 Å². The van der Waals surface area contributed by atoms with Gasteiger partial charge < -0.3 is 10.2 Å². The Kier molecular flexibility index (Phi) is 4.73. The summed E-state index contributed by atoms with van der Waals surface area (Å²) in [6.45, 7) is 0.205. The molecule has 1 N–H and O–H groups in total. The molecule has 1 aliphatic rings. The van der Waals surface area contributed by atoms with E-state index in [9.17, 15) is 14.0 Å². The average Bonchev–Trinajstić information content (AvgIpc) is 2.94. The molecule has 1 heterocycles. The van der Waals surface area contributed by atoms with Crippen LogP contribution in [0.15, 0.2) is 42.5 Å². The van der Waals surface area contributed by atoms with E-state index in [0.29, 0.717) is 15.7 Å². The Morgan fingerprint density at radius 1 is 1.17 bits per heavy atom. The Morgan fingerprint density at radius 3 is 2.62 bits per heavy atom. The lowest BCUT2D eigenvalue weighted by Crippen LogP contribution is -2.28. The number of carbonyl (C=O) groups is 2. The molecule has 24 heavy (non-hydrogen) atoms. The number of carbonyl (C=O) groups excluding carboxylic acids is 2. The van der Waals surface area contributed by atoms with Gasteiger partial charge in [0.15, 0.2) is 0 Å². The van der Waals surface area contributed by atoms with Gasteiger partial charge in [0.25, 0.3) is 0 Å². The van der Waals surface area contributed by atoms with Crippen molar-refractivity contribution in [3.05, 3.63) is 58.3 Å². The minimum atomic E-state index is -0.563. The molecule has 0 aromatic heterocycles. The van der Waals surface area contributed by atoms with E-state index >= 15 is 0 Å². The van der Waals surface area contributed by atoms with Crippen LogP contribution in [-0.4, -0.2) is 18.4 Å². The molecular weight excluding hydrogens is 354 g/mol. The maximum absolute atomic E-state index is 13.6. The predicted octanol–water partition coefficient (Wildman–Crippen LogP) is 4.12. The van der Waals surface area contributed by atoms with E-state index in [1.54, 1.807) is 24.3 Å². The molecule has 4 nitrogen and oxygen atoms in total. The van der Waals surface area contributed by atoms with Crippen LogP contribution >= 0.6 is 23.2 Å². The second kappa shape index (κ2) is 6.79. The van der Waals surface area contributed by atoms with Gasteiger partial charge in [0.1, 0.15) is 5.82 Å². The zero-order chi connectivity index (χ0) is 17.3. The van der Waals surface area contributed by atoms with Gasteiger partial charge in [-0.15, -0.1) is 0 Å². The Labute approximate surface area is 148 Å². The summed E-state index contributed by atoms with van der Waals surface area (Å²) in [4.78, 5) is 26.0. The highest BCUT2D eigenvalue weighted by Crippen LogP contribution is 2.31. The van der Waals surface area contributed by atoms with Crippen LogP contribution in [0.4, 0.5) is 15.8 Å².